The van der Waals surface area contributed by atoms with E-state index in [4.69, 9.17) is 18.9 Å². The van der Waals surface area contributed by atoms with Crippen LogP contribution in [0.25, 0.3) is 32.3 Å². The molecule has 4 rings (SSSR count). The molecule has 4 aromatic rings. The van der Waals surface area contributed by atoms with Crippen molar-refractivity contribution in [1.29, 1.82) is 0 Å². The van der Waals surface area contributed by atoms with Crippen LogP contribution in [0.1, 0.15) is 6.92 Å². The third-order valence-corrected chi connectivity index (χ3v) is 7.34. The fourth-order valence-corrected chi connectivity index (χ4v) is 4.50. The molecule has 0 spiro atoms. The van der Waals surface area contributed by atoms with E-state index in [1.165, 1.54) is 0 Å². The van der Waals surface area contributed by atoms with Gasteiger partial charge in [-0.3, -0.25) is 4.79 Å². The van der Waals surface area contributed by atoms with E-state index in [0.29, 0.717) is 40.8 Å². The molecule has 32 heavy (non-hydrogen) atoms. The van der Waals surface area contributed by atoms with Crippen molar-refractivity contribution in [2.45, 2.75) is 13.5 Å². The minimum Gasteiger partial charge on any atom is -0.493 e. The fraction of sp³-hybridized carbons (Fsp3) is 0.320. The molecule has 0 aliphatic carbocycles. The first-order valence-corrected chi connectivity index (χ1v) is 11.8. The quantitative estimate of drug-likeness (QED) is 0.176. The van der Waals surface area contributed by atoms with Crippen molar-refractivity contribution in [3.8, 4) is 23.0 Å². The van der Waals surface area contributed by atoms with Gasteiger partial charge in [0.1, 0.15) is 0 Å². The number of pyridine rings is 1. The molecule has 168 valence electrons. The Morgan fingerprint density at radius 3 is 1.69 bits per heavy atom. The molecule has 7 heteroatoms. The van der Waals surface area contributed by atoms with Crippen LogP contribution in [-0.4, -0.2) is 37.4 Å². The van der Waals surface area contributed by atoms with E-state index in [2.05, 4.69) is 29.5 Å². The van der Waals surface area contributed by atoms with Crippen molar-refractivity contribution in [1.82, 2.24) is 4.57 Å². The SMILES string of the molecule is COc1cc2c(cc1OC)c1ccn(CC(C)CI)c(=O)c1c1cc(OC)c(OC)cc21. The average molecular weight is 547 g/mol. The summed E-state index contributed by atoms with van der Waals surface area (Å²) in [5.74, 6) is 2.81. The minimum atomic E-state index is -0.0203. The van der Waals surface area contributed by atoms with Crippen LogP contribution in [0, 0.1) is 5.92 Å². The molecule has 0 fully saturated rings. The highest BCUT2D eigenvalue weighted by molar-refractivity contribution is 14.1. The molecule has 0 aliphatic rings. The van der Waals surface area contributed by atoms with Crippen LogP contribution in [0.2, 0.25) is 0 Å². The number of hydrogen-bond donors (Lipinski definition) is 0. The van der Waals surface area contributed by atoms with Crippen molar-refractivity contribution in [3.05, 3.63) is 46.9 Å². The van der Waals surface area contributed by atoms with Crippen LogP contribution in [0.15, 0.2) is 41.3 Å². The summed E-state index contributed by atoms with van der Waals surface area (Å²) >= 11 is 2.36. The zero-order valence-electron chi connectivity index (χ0n) is 18.8. The Kier molecular flexibility index (Phi) is 6.37. The largest absolute Gasteiger partial charge is 0.493 e. The average Bonchev–Trinajstić information content (AvgIpc) is 2.83. The van der Waals surface area contributed by atoms with Gasteiger partial charge < -0.3 is 23.5 Å². The van der Waals surface area contributed by atoms with E-state index in [9.17, 15) is 4.79 Å². The van der Waals surface area contributed by atoms with Crippen molar-refractivity contribution in [2.24, 2.45) is 5.92 Å². The Bertz CT molecular complexity index is 1380. The predicted molar refractivity (Wildman–Crippen MR) is 137 cm³/mol. The number of ether oxygens (including phenoxy) is 4. The summed E-state index contributed by atoms with van der Waals surface area (Å²) in [5.41, 5.74) is -0.0203. The van der Waals surface area contributed by atoms with Gasteiger partial charge in [0.15, 0.2) is 23.0 Å². The number of nitrogens with zero attached hydrogens (tertiary/aromatic N) is 1. The monoisotopic (exact) mass is 547 g/mol. The van der Waals surface area contributed by atoms with E-state index < -0.39 is 0 Å². The van der Waals surface area contributed by atoms with Gasteiger partial charge in [0.2, 0.25) is 0 Å². The molecule has 0 N–H and O–H groups in total. The Labute approximate surface area is 200 Å². The van der Waals surface area contributed by atoms with Gasteiger partial charge in [0, 0.05) is 17.2 Å². The van der Waals surface area contributed by atoms with E-state index in [1.807, 2.05) is 36.5 Å². The lowest BCUT2D eigenvalue weighted by Gasteiger charge is -2.17. The number of benzene rings is 3. The molecule has 1 atom stereocenters. The van der Waals surface area contributed by atoms with Crippen molar-refractivity contribution in [3.63, 3.8) is 0 Å². The molecule has 0 amide bonds. The maximum Gasteiger partial charge on any atom is 0.259 e. The van der Waals surface area contributed by atoms with Crippen molar-refractivity contribution in [2.75, 3.05) is 32.9 Å². The summed E-state index contributed by atoms with van der Waals surface area (Å²) in [4.78, 5) is 13.7. The smallest absolute Gasteiger partial charge is 0.259 e. The predicted octanol–water partition coefficient (Wildman–Crippen LogP) is 5.41. The number of alkyl halides is 1. The molecule has 0 saturated carbocycles. The Morgan fingerprint density at radius 2 is 1.22 bits per heavy atom. The Morgan fingerprint density at radius 1 is 0.781 bits per heavy atom. The topological polar surface area (TPSA) is 58.9 Å². The van der Waals surface area contributed by atoms with Gasteiger partial charge in [-0.05, 0) is 63.2 Å². The third kappa shape index (κ3) is 3.62. The molecule has 6 nitrogen and oxygen atoms in total. The van der Waals surface area contributed by atoms with Gasteiger partial charge in [0.25, 0.3) is 5.56 Å². The lowest BCUT2D eigenvalue weighted by atomic mass is 9.94. The zero-order chi connectivity index (χ0) is 23.0. The molecular formula is C25H26INO5. The number of aromatic nitrogens is 1. The Balaban J connectivity index is 2.23. The molecule has 1 aromatic heterocycles. The van der Waals surface area contributed by atoms with E-state index in [1.54, 1.807) is 33.0 Å². The number of rotatable bonds is 7. The highest BCUT2D eigenvalue weighted by Crippen LogP contribution is 2.43. The van der Waals surface area contributed by atoms with Crippen LogP contribution in [0.3, 0.4) is 0 Å². The summed E-state index contributed by atoms with van der Waals surface area (Å²) in [6.45, 7) is 2.81. The summed E-state index contributed by atoms with van der Waals surface area (Å²) in [6, 6.07) is 9.71. The molecule has 3 aromatic carbocycles. The molecule has 0 saturated heterocycles. The second kappa shape index (κ2) is 9.05. The molecule has 1 unspecified atom stereocenters. The van der Waals surface area contributed by atoms with Crippen LogP contribution in [0.5, 0.6) is 23.0 Å². The third-order valence-electron chi connectivity index (χ3n) is 5.83. The number of methoxy groups -OCH3 is 4. The number of halogens is 1. The summed E-state index contributed by atoms with van der Waals surface area (Å²) in [5, 5.41) is 5.10. The maximum atomic E-state index is 13.7. The fourth-order valence-electron chi connectivity index (χ4n) is 4.22. The molecule has 1 heterocycles. The van der Waals surface area contributed by atoms with Gasteiger partial charge in [-0.15, -0.1) is 0 Å². The number of hydrogen-bond acceptors (Lipinski definition) is 5. The number of fused-ring (bicyclic) bond motifs is 6. The lowest BCUT2D eigenvalue weighted by molar-refractivity contribution is 0.355. The van der Waals surface area contributed by atoms with Gasteiger partial charge in [-0.1, -0.05) is 29.5 Å². The minimum absolute atomic E-state index is 0.0203. The van der Waals surface area contributed by atoms with Gasteiger partial charge >= 0.3 is 0 Å². The highest BCUT2D eigenvalue weighted by Gasteiger charge is 2.19. The van der Waals surface area contributed by atoms with E-state index in [-0.39, 0.29) is 5.56 Å². The summed E-state index contributed by atoms with van der Waals surface area (Å²) in [7, 11) is 6.43. The van der Waals surface area contributed by atoms with Gasteiger partial charge in [-0.25, -0.2) is 0 Å². The highest BCUT2D eigenvalue weighted by atomic mass is 127. The Hall–Kier alpha value is -2.68. The standard InChI is InChI=1S/C25H26INO5/c1-14(12-26)13-27-7-6-15-16-8-20(29-2)21(30-3)9-17(16)18-10-22(31-4)23(32-5)11-19(18)24(15)25(27)28/h6-11,14H,12-13H2,1-5H3. The van der Waals surface area contributed by atoms with Crippen molar-refractivity contribution < 1.29 is 18.9 Å². The van der Waals surface area contributed by atoms with E-state index in [0.717, 1.165) is 31.4 Å². The lowest BCUT2D eigenvalue weighted by Crippen LogP contribution is -2.23. The zero-order valence-corrected chi connectivity index (χ0v) is 21.0. The summed E-state index contributed by atoms with van der Waals surface area (Å²) < 4.78 is 25.0. The summed E-state index contributed by atoms with van der Waals surface area (Å²) in [6.07, 6.45) is 1.89. The van der Waals surface area contributed by atoms with Gasteiger partial charge in [0.05, 0.1) is 33.8 Å². The van der Waals surface area contributed by atoms with Gasteiger partial charge in [-0.2, -0.15) is 0 Å². The second-order valence-corrected chi connectivity index (χ2v) is 8.71. The maximum absolute atomic E-state index is 13.7. The van der Waals surface area contributed by atoms with Crippen LogP contribution >= 0.6 is 22.6 Å². The second-order valence-electron chi connectivity index (χ2n) is 7.83. The molecule has 0 radical (unpaired) electrons. The first-order chi connectivity index (χ1) is 15.5. The molecule has 0 aliphatic heterocycles. The van der Waals surface area contributed by atoms with Crippen molar-refractivity contribution >= 4 is 54.9 Å². The van der Waals surface area contributed by atoms with Crippen LogP contribution in [-0.2, 0) is 6.54 Å². The first kappa shape index (κ1) is 22.5. The normalized spacial score (nSPS) is 12.3. The molecule has 0 bridgehead atoms. The molecular weight excluding hydrogens is 521 g/mol. The first-order valence-electron chi connectivity index (χ1n) is 10.3. The van der Waals surface area contributed by atoms with Crippen LogP contribution in [0.4, 0.5) is 0 Å². The van der Waals surface area contributed by atoms with Crippen LogP contribution < -0.4 is 24.5 Å². The van der Waals surface area contributed by atoms with E-state index >= 15 is 0 Å².